The van der Waals surface area contributed by atoms with Crippen LogP contribution in [0.3, 0.4) is 0 Å². The average molecular weight is 427 g/mol. The Morgan fingerprint density at radius 3 is 2.43 bits per heavy atom. The second-order valence-corrected chi connectivity index (χ2v) is 7.89. The van der Waals surface area contributed by atoms with Crippen LogP contribution >= 0.6 is 33.9 Å². The van der Waals surface area contributed by atoms with Crippen molar-refractivity contribution < 1.29 is 17.6 Å². The maximum Gasteiger partial charge on any atom is 0.185 e. The normalized spacial score (nSPS) is 17.7. The highest BCUT2D eigenvalue weighted by molar-refractivity contribution is 14.1. The lowest BCUT2D eigenvalue weighted by atomic mass is 9.94. The third-order valence-electron chi connectivity index (χ3n) is 3.51. The summed E-state index contributed by atoms with van der Waals surface area (Å²) in [5.41, 5.74) is 0.227. The number of nitrogens with one attached hydrogen (secondary N) is 1. The van der Waals surface area contributed by atoms with E-state index in [1.165, 1.54) is 0 Å². The zero-order valence-corrected chi connectivity index (χ0v) is 13.6. The predicted molar refractivity (Wildman–Crippen MR) is 82.6 cm³/mol. The molecule has 0 saturated carbocycles. The molecule has 0 radical (unpaired) electrons. The minimum absolute atomic E-state index is 0.218. The van der Waals surface area contributed by atoms with E-state index in [9.17, 15) is 17.6 Å². The minimum atomic E-state index is -1.40. The number of anilines is 1. The van der Waals surface area contributed by atoms with Gasteiger partial charge in [0.05, 0.1) is 8.93 Å². The first-order valence-electron chi connectivity index (χ1n) is 6.35. The summed E-state index contributed by atoms with van der Waals surface area (Å²) in [6, 6.07) is 1.83. The van der Waals surface area contributed by atoms with Crippen LogP contribution in [0.25, 0.3) is 0 Å². The third-order valence-corrected chi connectivity index (χ3v) is 5.49. The predicted octanol–water partition coefficient (Wildman–Crippen LogP) is 5.40. The van der Waals surface area contributed by atoms with Gasteiger partial charge in [0.2, 0.25) is 0 Å². The van der Waals surface area contributed by atoms with Gasteiger partial charge in [-0.1, -0.05) is 0 Å². The Hall–Kier alpha value is -0.830. The fraction of sp³-hybridized carbons (Fsp3) is 0.286. The Morgan fingerprint density at radius 1 is 1.10 bits per heavy atom. The lowest BCUT2D eigenvalue weighted by molar-refractivity contribution is 0.455. The molecule has 0 spiro atoms. The molecule has 1 unspecified atom stereocenters. The van der Waals surface area contributed by atoms with E-state index in [2.05, 4.69) is 27.9 Å². The number of aryl methyl sites for hydroxylation is 1. The first kappa shape index (κ1) is 15.1. The summed E-state index contributed by atoms with van der Waals surface area (Å²) < 4.78 is 55.1. The molecule has 1 aromatic carbocycles. The molecule has 0 bridgehead atoms. The average Bonchev–Trinajstić information content (AvgIpc) is 2.82. The van der Waals surface area contributed by atoms with Gasteiger partial charge in [-0.3, -0.25) is 0 Å². The van der Waals surface area contributed by atoms with Gasteiger partial charge in [0.25, 0.3) is 0 Å². The van der Waals surface area contributed by atoms with E-state index in [0.29, 0.717) is 6.42 Å². The first-order valence-corrected chi connectivity index (χ1v) is 8.24. The summed E-state index contributed by atoms with van der Waals surface area (Å²) in [4.78, 5) is 1.15. The molecule has 2 aromatic rings. The molecule has 0 saturated heterocycles. The van der Waals surface area contributed by atoms with Crippen molar-refractivity contribution in [2.75, 3.05) is 5.32 Å². The van der Waals surface area contributed by atoms with Crippen molar-refractivity contribution in [2.45, 2.75) is 25.3 Å². The number of hydrogen-bond donors (Lipinski definition) is 1. The summed E-state index contributed by atoms with van der Waals surface area (Å²) in [7, 11) is 0. The molecule has 1 atom stereocenters. The highest BCUT2D eigenvalue weighted by atomic mass is 127. The quantitative estimate of drug-likeness (QED) is 0.385. The second-order valence-electron chi connectivity index (χ2n) is 4.86. The van der Waals surface area contributed by atoms with Crippen LogP contribution in [0.5, 0.6) is 0 Å². The van der Waals surface area contributed by atoms with E-state index in [4.69, 9.17) is 0 Å². The summed E-state index contributed by atoms with van der Waals surface area (Å²) in [6.45, 7) is 0. The van der Waals surface area contributed by atoms with Crippen molar-refractivity contribution in [3.63, 3.8) is 0 Å². The highest BCUT2D eigenvalue weighted by Gasteiger charge is 2.26. The van der Waals surface area contributed by atoms with E-state index in [1.54, 1.807) is 11.3 Å². The maximum absolute atomic E-state index is 13.7. The van der Waals surface area contributed by atoms with Crippen LogP contribution in [-0.4, -0.2) is 0 Å². The zero-order chi connectivity index (χ0) is 15.1. The number of thiophene rings is 1. The van der Waals surface area contributed by atoms with Gasteiger partial charge in [-0.25, -0.2) is 17.6 Å². The molecule has 1 nitrogen and oxygen atoms in total. The van der Waals surface area contributed by atoms with Crippen LogP contribution in [0.4, 0.5) is 23.2 Å². The van der Waals surface area contributed by atoms with Gasteiger partial charge >= 0.3 is 0 Å². The molecular formula is C14H10F4INS. The number of hydrogen-bond acceptors (Lipinski definition) is 2. The SMILES string of the molecule is Fc1cc(F)c(F)c(NC2CCCc3sc(I)cc32)c1F. The van der Waals surface area contributed by atoms with E-state index in [-0.39, 0.29) is 12.1 Å². The summed E-state index contributed by atoms with van der Waals surface area (Å²) in [6.07, 6.45) is 2.45. The van der Waals surface area contributed by atoms with E-state index < -0.39 is 29.0 Å². The summed E-state index contributed by atoms with van der Waals surface area (Å²) in [5, 5.41) is 2.64. The fourth-order valence-corrected chi connectivity index (χ4v) is 4.67. The summed E-state index contributed by atoms with van der Waals surface area (Å²) >= 11 is 3.82. The zero-order valence-electron chi connectivity index (χ0n) is 10.7. The minimum Gasteiger partial charge on any atom is -0.373 e. The molecule has 1 N–H and O–H groups in total. The van der Waals surface area contributed by atoms with Gasteiger partial charge in [-0.2, -0.15) is 0 Å². The van der Waals surface area contributed by atoms with Crippen molar-refractivity contribution >= 4 is 39.6 Å². The largest absolute Gasteiger partial charge is 0.373 e. The van der Waals surface area contributed by atoms with Crippen LogP contribution in [0.1, 0.15) is 29.3 Å². The molecule has 0 fully saturated rings. The van der Waals surface area contributed by atoms with Crippen LogP contribution < -0.4 is 5.32 Å². The van der Waals surface area contributed by atoms with Gasteiger partial charge in [0.1, 0.15) is 5.69 Å². The molecule has 0 aliphatic heterocycles. The fourth-order valence-electron chi connectivity index (χ4n) is 2.55. The number of fused-ring (bicyclic) bond motifs is 1. The Labute approximate surface area is 136 Å². The standard InChI is InChI=1S/C14H10F4INS/c15-7-5-8(16)13(18)14(12(7)17)20-9-2-1-3-10-6(9)4-11(19)21-10/h4-5,9,20H,1-3H2. The van der Waals surface area contributed by atoms with Crippen molar-refractivity contribution in [1.29, 1.82) is 0 Å². The molecule has 1 heterocycles. The number of rotatable bonds is 2. The van der Waals surface area contributed by atoms with Crippen LogP contribution in [0.15, 0.2) is 12.1 Å². The topological polar surface area (TPSA) is 12.0 Å². The van der Waals surface area contributed by atoms with Crippen molar-refractivity contribution in [3.8, 4) is 0 Å². The Balaban J connectivity index is 1.99. The van der Waals surface area contributed by atoms with Crippen LogP contribution in [-0.2, 0) is 6.42 Å². The molecule has 1 aromatic heterocycles. The maximum atomic E-state index is 13.7. The highest BCUT2D eigenvalue weighted by Crippen LogP contribution is 2.39. The van der Waals surface area contributed by atoms with Gasteiger partial charge in [-0.05, 0) is 53.5 Å². The van der Waals surface area contributed by atoms with Gasteiger partial charge in [0.15, 0.2) is 23.3 Å². The number of benzene rings is 1. The first-order chi connectivity index (χ1) is 9.97. The second kappa shape index (κ2) is 5.75. The Kier molecular flexibility index (Phi) is 4.13. The molecule has 3 rings (SSSR count). The molecule has 21 heavy (non-hydrogen) atoms. The smallest absolute Gasteiger partial charge is 0.185 e. The van der Waals surface area contributed by atoms with Crippen molar-refractivity contribution in [2.24, 2.45) is 0 Å². The van der Waals surface area contributed by atoms with Gasteiger partial charge < -0.3 is 5.32 Å². The Morgan fingerprint density at radius 2 is 1.76 bits per heavy atom. The molecule has 1 aliphatic carbocycles. The number of halogens is 5. The van der Waals surface area contributed by atoms with Crippen LogP contribution in [0.2, 0.25) is 0 Å². The molecule has 1 aliphatic rings. The van der Waals surface area contributed by atoms with Crippen molar-refractivity contribution in [1.82, 2.24) is 0 Å². The van der Waals surface area contributed by atoms with E-state index in [0.717, 1.165) is 26.2 Å². The molecular weight excluding hydrogens is 417 g/mol. The molecule has 0 amide bonds. The molecule has 112 valence electrons. The lowest BCUT2D eigenvalue weighted by Crippen LogP contribution is -2.18. The Bertz CT molecular complexity index is 675. The van der Waals surface area contributed by atoms with Gasteiger partial charge in [-0.15, -0.1) is 11.3 Å². The van der Waals surface area contributed by atoms with Crippen LogP contribution in [0, 0.1) is 26.2 Å². The van der Waals surface area contributed by atoms with Crippen molar-refractivity contribution in [3.05, 3.63) is 48.7 Å². The summed E-state index contributed by atoms with van der Waals surface area (Å²) in [5.74, 6) is -5.56. The van der Waals surface area contributed by atoms with E-state index >= 15 is 0 Å². The van der Waals surface area contributed by atoms with E-state index in [1.807, 2.05) is 6.07 Å². The third kappa shape index (κ3) is 2.77. The molecule has 7 heteroatoms. The monoisotopic (exact) mass is 427 g/mol. The van der Waals surface area contributed by atoms with Gasteiger partial charge in [0, 0.05) is 10.9 Å². The lowest BCUT2D eigenvalue weighted by Gasteiger charge is -2.25.